The quantitative estimate of drug-likeness (QED) is 0.446. The Morgan fingerprint density at radius 1 is 1.42 bits per heavy atom. The summed E-state index contributed by atoms with van der Waals surface area (Å²) in [5, 5.41) is 11.6. The Morgan fingerprint density at radius 2 is 1.92 bits per heavy atom. The molecule has 0 N–H and O–H groups in total. The van der Waals surface area contributed by atoms with E-state index in [0.717, 1.165) is 16.3 Å². The average Bonchev–Trinajstić information content (AvgIpc) is 2.17. The van der Waals surface area contributed by atoms with Gasteiger partial charge >= 0.3 is 51.4 Å². The van der Waals surface area contributed by atoms with E-state index in [9.17, 15) is 9.90 Å². The molecule has 0 aromatic heterocycles. The van der Waals surface area contributed by atoms with Crippen LogP contribution >= 0.6 is 0 Å². The molecule has 1 aliphatic rings. The third-order valence-electron chi connectivity index (χ3n) is 2.32. The Hall–Kier alpha value is 0.803. The molecular weight excluding hydrogens is 195 g/mol. The summed E-state index contributed by atoms with van der Waals surface area (Å²) in [5.41, 5.74) is 3.27. The molecule has 4 heteroatoms. The van der Waals surface area contributed by atoms with Crippen LogP contribution in [-0.4, -0.2) is 14.4 Å². The predicted molar refractivity (Wildman–Crippen MR) is 44.7 cm³/mol. The van der Waals surface area contributed by atoms with Crippen LogP contribution in [0.1, 0.15) is 20.8 Å². The molecule has 0 aliphatic carbocycles. The molecule has 0 saturated carbocycles. The molecule has 0 spiro atoms. The van der Waals surface area contributed by atoms with Gasteiger partial charge in [0, 0.05) is 5.59 Å². The third kappa shape index (κ3) is 2.40. The minimum atomic E-state index is -1.84. The minimum absolute atomic E-state index is 0. The molecule has 1 unspecified atom stereocenters. The van der Waals surface area contributed by atoms with E-state index in [-0.39, 0.29) is 51.4 Å². The number of rotatable bonds is 1. The molecule has 1 aliphatic heterocycles. The second-order valence-electron chi connectivity index (χ2n) is 2.95. The van der Waals surface area contributed by atoms with Crippen molar-refractivity contribution in [2.75, 3.05) is 0 Å². The summed E-state index contributed by atoms with van der Waals surface area (Å²) in [7, 11) is -1.84. The fraction of sp³-hybridized carbons (Fsp3) is 0.375. The molecule has 1 rings (SSSR count). The van der Waals surface area contributed by atoms with Crippen molar-refractivity contribution < 1.29 is 61.3 Å². The molecule has 0 saturated heterocycles. The van der Waals surface area contributed by atoms with E-state index >= 15 is 0 Å². The number of hydrogen-bond donors (Lipinski definition) is 0. The fourth-order valence-electron chi connectivity index (χ4n) is 1.29. The van der Waals surface area contributed by atoms with Crippen LogP contribution in [0.15, 0.2) is 22.0 Å². The van der Waals surface area contributed by atoms with Crippen molar-refractivity contribution in [1.82, 2.24) is 0 Å². The molecular formula is C8H11KO2Si. The van der Waals surface area contributed by atoms with Crippen LogP contribution < -0.4 is 56.5 Å². The second kappa shape index (κ2) is 4.88. The van der Waals surface area contributed by atoms with E-state index in [2.05, 4.69) is 0 Å². The molecule has 2 nitrogen and oxygen atoms in total. The van der Waals surface area contributed by atoms with Gasteiger partial charge in [-0.15, -0.1) is 0 Å². The van der Waals surface area contributed by atoms with Crippen LogP contribution in [0, 0.1) is 0 Å². The van der Waals surface area contributed by atoms with Crippen molar-refractivity contribution in [3.05, 3.63) is 22.0 Å². The van der Waals surface area contributed by atoms with Crippen LogP contribution in [0.25, 0.3) is 0 Å². The molecule has 12 heavy (non-hydrogen) atoms. The first kappa shape index (κ1) is 12.8. The standard InChI is InChI=1S/C8H12O2Si.K/c1-5-4-11(8(9)10)7(3)6(5)2;/h4,11H,1-3H3,(H,9,10);/q;+1/p-1. The van der Waals surface area contributed by atoms with Gasteiger partial charge < -0.3 is 9.90 Å². The summed E-state index contributed by atoms with van der Waals surface area (Å²) in [4.78, 5) is 10.6. The summed E-state index contributed by atoms with van der Waals surface area (Å²) in [5.74, 6) is 0. The molecule has 0 bridgehead atoms. The molecule has 0 aromatic carbocycles. The molecule has 0 amide bonds. The van der Waals surface area contributed by atoms with Crippen LogP contribution in [0.2, 0.25) is 0 Å². The average molecular weight is 206 g/mol. The Bertz CT molecular complexity index is 268. The summed E-state index contributed by atoms with van der Waals surface area (Å²) in [6.45, 7) is 5.82. The van der Waals surface area contributed by atoms with Gasteiger partial charge in [-0.1, -0.05) is 22.0 Å². The Kier molecular flexibility index (Phi) is 5.21. The van der Waals surface area contributed by atoms with Gasteiger partial charge in [0.25, 0.3) is 0 Å². The van der Waals surface area contributed by atoms with E-state index in [0.29, 0.717) is 0 Å². The normalized spacial score (nSPS) is 21.9. The van der Waals surface area contributed by atoms with Crippen molar-refractivity contribution in [1.29, 1.82) is 0 Å². The monoisotopic (exact) mass is 206 g/mol. The Balaban J connectivity index is 0.00000121. The maximum absolute atomic E-state index is 10.6. The maximum Gasteiger partial charge on any atom is 1.00 e. The number of allylic oxidation sites excluding steroid dienone is 3. The van der Waals surface area contributed by atoms with Crippen molar-refractivity contribution >= 4 is 14.4 Å². The van der Waals surface area contributed by atoms with Gasteiger partial charge in [0.15, 0.2) is 0 Å². The van der Waals surface area contributed by atoms with Gasteiger partial charge in [-0.3, -0.25) is 0 Å². The van der Waals surface area contributed by atoms with E-state index in [1.807, 2.05) is 26.5 Å². The van der Waals surface area contributed by atoms with E-state index < -0.39 is 14.4 Å². The molecule has 0 fully saturated rings. The molecule has 60 valence electrons. The summed E-state index contributed by atoms with van der Waals surface area (Å²) < 4.78 is 0. The van der Waals surface area contributed by atoms with Crippen molar-refractivity contribution in [2.45, 2.75) is 20.8 Å². The van der Waals surface area contributed by atoms with Gasteiger partial charge in [-0.2, -0.15) is 0 Å². The first-order chi connectivity index (χ1) is 5.04. The molecule has 1 atom stereocenters. The van der Waals surface area contributed by atoms with Crippen LogP contribution in [0.4, 0.5) is 4.79 Å². The molecule has 0 radical (unpaired) electrons. The molecule has 0 aromatic rings. The fourth-order valence-corrected chi connectivity index (χ4v) is 3.47. The zero-order valence-electron chi connectivity index (χ0n) is 7.97. The smallest absolute Gasteiger partial charge is 0.555 e. The van der Waals surface area contributed by atoms with Crippen LogP contribution in [0.5, 0.6) is 0 Å². The van der Waals surface area contributed by atoms with E-state index in [1.165, 1.54) is 0 Å². The number of carbonyl (C=O) groups is 1. The SMILES string of the molecule is CC1=C[SiH](C(=O)[O-])C(C)=C1C.[K+]. The summed E-state index contributed by atoms with van der Waals surface area (Å²) in [6, 6.07) is 0. The van der Waals surface area contributed by atoms with E-state index in [1.54, 1.807) is 0 Å². The van der Waals surface area contributed by atoms with Crippen LogP contribution in [-0.2, 0) is 0 Å². The second-order valence-corrected chi connectivity index (χ2v) is 5.58. The predicted octanol–water partition coefficient (Wildman–Crippen LogP) is -2.48. The third-order valence-corrected chi connectivity index (χ3v) is 5.03. The number of carboxylic acid groups (broad SMARTS) is 1. The van der Waals surface area contributed by atoms with Crippen LogP contribution in [0.3, 0.4) is 0 Å². The van der Waals surface area contributed by atoms with Crippen molar-refractivity contribution in [2.24, 2.45) is 0 Å². The molecule has 1 heterocycles. The van der Waals surface area contributed by atoms with Gasteiger partial charge in [0.05, 0.1) is 0 Å². The first-order valence-corrected chi connectivity index (χ1v) is 5.43. The topological polar surface area (TPSA) is 40.1 Å². The Morgan fingerprint density at radius 3 is 2.08 bits per heavy atom. The first-order valence-electron chi connectivity index (χ1n) is 3.61. The van der Waals surface area contributed by atoms with Gasteiger partial charge in [0.2, 0.25) is 0 Å². The largest absolute Gasteiger partial charge is 1.00 e. The maximum atomic E-state index is 10.6. The summed E-state index contributed by atoms with van der Waals surface area (Å²) in [6.07, 6.45) is 0. The van der Waals surface area contributed by atoms with E-state index in [4.69, 9.17) is 0 Å². The minimum Gasteiger partial charge on any atom is -0.555 e. The van der Waals surface area contributed by atoms with Gasteiger partial charge in [0.1, 0.15) is 8.80 Å². The van der Waals surface area contributed by atoms with Crippen molar-refractivity contribution in [3.8, 4) is 0 Å². The van der Waals surface area contributed by atoms with Gasteiger partial charge in [-0.25, -0.2) is 0 Å². The van der Waals surface area contributed by atoms with Gasteiger partial charge in [-0.05, 0) is 20.8 Å². The summed E-state index contributed by atoms with van der Waals surface area (Å²) >= 11 is 0. The zero-order chi connectivity index (χ0) is 8.59. The number of carbonyl (C=O) groups excluding carboxylic acids is 1. The zero-order valence-corrected chi connectivity index (χ0v) is 12.2. The van der Waals surface area contributed by atoms with Crippen molar-refractivity contribution in [3.63, 3.8) is 0 Å². The number of hydrogen-bond acceptors (Lipinski definition) is 2. The Labute approximate surface area is 117 Å².